The number of nitrogens with one attached hydrogen (secondary N) is 3. The number of amides is 1. The number of nitrogens with zero attached hydrogens (tertiary/aromatic N) is 1. The second-order valence-corrected chi connectivity index (χ2v) is 8.46. The van der Waals surface area contributed by atoms with Crippen LogP contribution in [-0.2, 0) is 9.53 Å². The van der Waals surface area contributed by atoms with E-state index in [1.54, 1.807) is 7.05 Å². The van der Waals surface area contributed by atoms with Crippen molar-refractivity contribution in [3.63, 3.8) is 0 Å². The molecule has 0 spiro atoms. The van der Waals surface area contributed by atoms with Crippen molar-refractivity contribution in [2.75, 3.05) is 25.5 Å². The van der Waals surface area contributed by atoms with E-state index >= 15 is 0 Å². The molecule has 29 heavy (non-hydrogen) atoms. The molecule has 1 amide bonds. The summed E-state index contributed by atoms with van der Waals surface area (Å²) in [6.07, 6.45) is 4.05. The number of anilines is 1. The first-order valence-electron chi connectivity index (χ1n) is 10.4. The minimum atomic E-state index is 0. The van der Waals surface area contributed by atoms with Gasteiger partial charge in [0.2, 0.25) is 5.91 Å². The fourth-order valence-electron chi connectivity index (χ4n) is 4.05. The Hall–Kier alpha value is -1.35. The van der Waals surface area contributed by atoms with Crippen LogP contribution >= 0.6 is 24.0 Å². The zero-order chi connectivity index (χ0) is 20.1. The third-order valence-corrected chi connectivity index (χ3v) is 6.15. The zero-order valence-electron chi connectivity index (χ0n) is 18.0. The minimum absolute atomic E-state index is 0. The summed E-state index contributed by atoms with van der Waals surface area (Å²) >= 11 is 0. The molecule has 0 aromatic heterocycles. The van der Waals surface area contributed by atoms with E-state index in [2.05, 4.69) is 47.8 Å². The molecule has 3 rings (SSSR count). The number of carbonyl (C=O) groups is 1. The summed E-state index contributed by atoms with van der Waals surface area (Å²) in [7, 11) is 1.79. The van der Waals surface area contributed by atoms with Gasteiger partial charge >= 0.3 is 0 Å². The Labute approximate surface area is 191 Å². The van der Waals surface area contributed by atoms with Crippen LogP contribution in [-0.4, -0.2) is 44.2 Å². The summed E-state index contributed by atoms with van der Waals surface area (Å²) in [5.74, 6) is 0.997. The lowest BCUT2D eigenvalue weighted by atomic mass is 9.64. The summed E-state index contributed by atoms with van der Waals surface area (Å²) in [4.78, 5) is 16.4. The summed E-state index contributed by atoms with van der Waals surface area (Å²) in [6.45, 7) is 8.20. The first-order chi connectivity index (χ1) is 13.5. The Balaban J connectivity index is 0.00000300. The Kier molecular flexibility index (Phi) is 8.75. The SMILES string of the molecule is CCCCOC1CC(NC(=NC)NCC2CC(=O)Nc3ccccc32)C1(C)C.I. The van der Waals surface area contributed by atoms with Gasteiger partial charge in [0, 0.05) is 49.7 Å². The van der Waals surface area contributed by atoms with Gasteiger partial charge in [0.1, 0.15) is 0 Å². The van der Waals surface area contributed by atoms with E-state index in [9.17, 15) is 4.79 Å². The molecule has 1 aromatic carbocycles. The van der Waals surface area contributed by atoms with E-state index < -0.39 is 0 Å². The predicted octanol–water partition coefficient (Wildman–Crippen LogP) is 3.88. The number of halogens is 1. The number of para-hydroxylation sites is 1. The molecule has 162 valence electrons. The van der Waals surface area contributed by atoms with Gasteiger partial charge in [0.15, 0.2) is 5.96 Å². The number of guanidine groups is 1. The average molecular weight is 514 g/mol. The van der Waals surface area contributed by atoms with Crippen molar-refractivity contribution in [1.29, 1.82) is 0 Å². The highest BCUT2D eigenvalue weighted by atomic mass is 127. The first kappa shape index (κ1) is 23.9. The van der Waals surface area contributed by atoms with Crippen molar-refractivity contribution in [1.82, 2.24) is 10.6 Å². The van der Waals surface area contributed by atoms with Gasteiger partial charge in [0.05, 0.1) is 6.10 Å². The first-order valence-corrected chi connectivity index (χ1v) is 10.4. The third-order valence-electron chi connectivity index (χ3n) is 6.15. The molecule has 0 radical (unpaired) electrons. The maximum atomic E-state index is 12.0. The van der Waals surface area contributed by atoms with Crippen LogP contribution < -0.4 is 16.0 Å². The minimum Gasteiger partial charge on any atom is -0.378 e. The molecule has 6 nitrogen and oxygen atoms in total. The van der Waals surface area contributed by atoms with Crippen LogP contribution in [0.5, 0.6) is 0 Å². The second kappa shape index (κ2) is 10.6. The van der Waals surface area contributed by atoms with Crippen molar-refractivity contribution < 1.29 is 9.53 Å². The number of benzene rings is 1. The Morgan fingerprint density at radius 3 is 2.79 bits per heavy atom. The smallest absolute Gasteiger partial charge is 0.225 e. The number of hydrogen-bond acceptors (Lipinski definition) is 3. The molecule has 0 saturated heterocycles. The van der Waals surface area contributed by atoms with Gasteiger partial charge in [-0.1, -0.05) is 45.4 Å². The molecule has 7 heteroatoms. The summed E-state index contributed by atoms with van der Waals surface area (Å²) in [6, 6.07) is 8.35. The zero-order valence-corrected chi connectivity index (χ0v) is 20.3. The molecule has 1 saturated carbocycles. The summed E-state index contributed by atoms with van der Waals surface area (Å²) < 4.78 is 6.04. The van der Waals surface area contributed by atoms with Gasteiger partial charge in [-0.15, -0.1) is 24.0 Å². The lowest BCUT2D eigenvalue weighted by Gasteiger charge is -2.52. The number of hydrogen-bond donors (Lipinski definition) is 3. The number of rotatable bonds is 7. The highest BCUT2D eigenvalue weighted by Gasteiger charge is 2.49. The molecule has 1 fully saturated rings. The molecule has 1 aliphatic carbocycles. The van der Waals surface area contributed by atoms with Gasteiger partial charge in [0.25, 0.3) is 0 Å². The number of fused-ring (bicyclic) bond motifs is 1. The van der Waals surface area contributed by atoms with E-state index in [-0.39, 0.29) is 41.2 Å². The number of unbranched alkanes of at least 4 members (excludes halogenated alkanes) is 1. The molecular formula is C22H35IN4O2. The van der Waals surface area contributed by atoms with Crippen LogP contribution in [0.1, 0.15) is 57.9 Å². The van der Waals surface area contributed by atoms with E-state index in [0.29, 0.717) is 25.1 Å². The van der Waals surface area contributed by atoms with E-state index in [1.807, 2.05) is 18.2 Å². The number of aliphatic imine (C=N–C) groups is 1. The Bertz CT molecular complexity index is 723. The summed E-state index contributed by atoms with van der Waals surface area (Å²) in [5, 5.41) is 9.92. The van der Waals surface area contributed by atoms with Crippen molar-refractivity contribution >= 4 is 41.5 Å². The molecule has 1 heterocycles. The van der Waals surface area contributed by atoms with Gasteiger partial charge < -0.3 is 20.7 Å². The maximum absolute atomic E-state index is 12.0. The lowest BCUT2D eigenvalue weighted by molar-refractivity contribution is -0.116. The van der Waals surface area contributed by atoms with Crippen molar-refractivity contribution in [3.8, 4) is 0 Å². The van der Waals surface area contributed by atoms with Gasteiger partial charge in [-0.25, -0.2) is 0 Å². The molecule has 1 aromatic rings. The van der Waals surface area contributed by atoms with Crippen LogP contribution in [0.25, 0.3) is 0 Å². The van der Waals surface area contributed by atoms with Crippen LogP contribution in [0.4, 0.5) is 5.69 Å². The number of ether oxygens (including phenoxy) is 1. The van der Waals surface area contributed by atoms with Crippen LogP contribution in [0.3, 0.4) is 0 Å². The van der Waals surface area contributed by atoms with Crippen LogP contribution in [0.2, 0.25) is 0 Å². The fraction of sp³-hybridized carbons (Fsp3) is 0.636. The van der Waals surface area contributed by atoms with E-state index in [1.165, 1.54) is 5.56 Å². The van der Waals surface area contributed by atoms with Crippen molar-refractivity contribution in [2.45, 2.75) is 64.5 Å². The molecule has 3 atom stereocenters. The van der Waals surface area contributed by atoms with Gasteiger partial charge in [-0.05, 0) is 24.5 Å². The third kappa shape index (κ3) is 5.63. The Morgan fingerprint density at radius 2 is 2.10 bits per heavy atom. The molecule has 3 unspecified atom stereocenters. The van der Waals surface area contributed by atoms with Crippen LogP contribution in [0, 0.1) is 5.41 Å². The van der Waals surface area contributed by atoms with Crippen LogP contribution in [0.15, 0.2) is 29.3 Å². The Morgan fingerprint density at radius 1 is 1.34 bits per heavy atom. The highest BCUT2D eigenvalue weighted by Crippen LogP contribution is 2.42. The molecule has 1 aliphatic heterocycles. The normalized spacial score (nSPS) is 25.2. The molecule has 2 aliphatic rings. The molecule has 0 bridgehead atoms. The monoisotopic (exact) mass is 514 g/mol. The molecule has 3 N–H and O–H groups in total. The van der Waals surface area contributed by atoms with E-state index in [4.69, 9.17) is 4.74 Å². The molecular weight excluding hydrogens is 479 g/mol. The lowest BCUT2D eigenvalue weighted by Crippen LogP contribution is -2.63. The highest BCUT2D eigenvalue weighted by molar-refractivity contribution is 14.0. The largest absolute Gasteiger partial charge is 0.378 e. The predicted molar refractivity (Wildman–Crippen MR) is 129 cm³/mol. The quantitative estimate of drug-likeness (QED) is 0.224. The van der Waals surface area contributed by atoms with E-state index in [0.717, 1.165) is 37.5 Å². The topological polar surface area (TPSA) is 74.8 Å². The number of carbonyl (C=O) groups excluding carboxylic acids is 1. The fourth-order valence-corrected chi connectivity index (χ4v) is 4.05. The summed E-state index contributed by atoms with van der Waals surface area (Å²) in [5.41, 5.74) is 2.17. The maximum Gasteiger partial charge on any atom is 0.225 e. The van der Waals surface area contributed by atoms with Gasteiger partial charge in [-0.2, -0.15) is 0 Å². The van der Waals surface area contributed by atoms with Gasteiger partial charge in [-0.3, -0.25) is 9.79 Å². The average Bonchev–Trinajstić information content (AvgIpc) is 2.68. The standard InChI is InChI=1S/C22H34N4O2.HI/c1-5-6-11-28-19-13-18(22(19,2)3)26-21(23-4)24-14-15-12-20(27)25-17-10-8-7-9-16(15)17;/h7-10,15,18-19H,5-6,11-14H2,1-4H3,(H,25,27)(H2,23,24,26);1H. The van der Waals surface area contributed by atoms with Crippen molar-refractivity contribution in [3.05, 3.63) is 29.8 Å². The van der Waals surface area contributed by atoms with Crippen molar-refractivity contribution in [2.24, 2.45) is 10.4 Å². The second-order valence-electron chi connectivity index (χ2n) is 8.46.